The van der Waals surface area contributed by atoms with E-state index in [0.717, 1.165) is 4.47 Å². The molecule has 4 heteroatoms. The molecule has 1 unspecified atom stereocenters. The molecule has 0 aliphatic heterocycles. The predicted octanol–water partition coefficient (Wildman–Crippen LogP) is 4.07. The molecule has 1 aromatic carbocycles. The van der Waals surface area contributed by atoms with Gasteiger partial charge in [-0.1, -0.05) is 22.0 Å². The van der Waals surface area contributed by atoms with E-state index >= 15 is 0 Å². The molecule has 2 nitrogen and oxygen atoms in total. The Balaban J connectivity index is 2.48. The first-order valence-electron chi connectivity index (χ1n) is 5.65. The minimum atomic E-state index is 0.154. The molecular formula is C14H14BrIN2. The van der Waals surface area contributed by atoms with Gasteiger partial charge in [0.2, 0.25) is 0 Å². The maximum atomic E-state index is 4.27. The third kappa shape index (κ3) is 3.10. The van der Waals surface area contributed by atoms with Crippen LogP contribution in [0.15, 0.2) is 41.1 Å². The van der Waals surface area contributed by atoms with E-state index in [2.05, 4.69) is 80.0 Å². The van der Waals surface area contributed by atoms with Crippen LogP contribution in [0.2, 0.25) is 0 Å². The maximum Gasteiger partial charge on any atom is 0.0601 e. The Bertz CT molecular complexity index is 557. The van der Waals surface area contributed by atoms with Crippen LogP contribution in [0, 0.1) is 10.5 Å². The summed E-state index contributed by atoms with van der Waals surface area (Å²) >= 11 is 5.96. The minimum absolute atomic E-state index is 0.154. The van der Waals surface area contributed by atoms with E-state index in [1.165, 1.54) is 20.3 Å². The zero-order chi connectivity index (χ0) is 13.1. The molecule has 2 aromatic rings. The van der Waals surface area contributed by atoms with Gasteiger partial charge in [0.25, 0.3) is 0 Å². The fraction of sp³-hybridized carbons (Fsp3) is 0.214. The van der Waals surface area contributed by atoms with E-state index in [-0.39, 0.29) is 6.04 Å². The van der Waals surface area contributed by atoms with Gasteiger partial charge < -0.3 is 5.32 Å². The van der Waals surface area contributed by atoms with Gasteiger partial charge in [-0.05, 0) is 71.5 Å². The average molecular weight is 417 g/mol. The van der Waals surface area contributed by atoms with Gasteiger partial charge in [-0.3, -0.25) is 4.98 Å². The topological polar surface area (TPSA) is 24.9 Å². The molecular weight excluding hydrogens is 403 g/mol. The van der Waals surface area contributed by atoms with Gasteiger partial charge in [0, 0.05) is 20.4 Å². The summed E-state index contributed by atoms with van der Waals surface area (Å²) in [7, 11) is 1.97. The Hall–Kier alpha value is -0.460. The van der Waals surface area contributed by atoms with Crippen molar-refractivity contribution in [2.24, 2.45) is 0 Å². The van der Waals surface area contributed by atoms with Crippen LogP contribution in [-0.2, 0) is 0 Å². The average Bonchev–Trinajstić information content (AvgIpc) is 2.35. The zero-order valence-electron chi connectivity index (χ0n) is 10.2. The molecule has 0 saturated heterocycles. The van der Waals surface area contributed by atoms with Crippen LogP contribution >= 0.6 is 38.5 Å². The van der Waals surface area contributed by atoms with Crippen LogP contribution < -0.4 is 5.32 Å². The number of benzene rings is 1. The number of nitrogens with one attached hydrogen (secondary N) is 1. The highest BCUT2D eigenvalue weighted by Gasteiger charge is 2.15. The third-order valence-corrected chi connectivity index (χ3v) is 4.18. The number of halogens is 2. The largest absolute Gasteiger partial charge is 0.309 e. The fourth-order valence-electron chi connectivity index (χ4n) is 1.97. The van der Waals surface area contributed by atoms with Gasteiger partial charge in [0.1, 0.15) is 0 Å². The summed E-state index contributed by atoms with van der Waals surface area (Å²) in [6.45, 7) is 2.06. The number of aryl methyl sites for hydroxylation is 1. The normalized spacial score (nSPS) is 12.4. The molecule has 1 N–H and O–H groups in total. The Labute approximate surface area is 129 Å². The molecule has 1 aromatic heterocycles. The first-order valence-corrected chi connectivity index (χ1v) is 7.52. The molecule has 0 aliphatic carbocycles. The minimum Gasteiger partial charge on any atom is -0.309 e. The molecule has 0 amide bonds. The molecule has 0 saturated carbocycles. The second-order valence-electron chi connectivity index (χ2n) is 4.18. The highest BCUT2D eigenvalue weighted by molar-refractivity contribution is 14.1. The van der Waals surface area contributed by atoms with Gasteiger partial charge in [-0.15, -0.1) is 0 Å². The van der Waals surface area contributed by atoms with E-state index in [9.17, 15) is 0 Å². The van der Waals surface area contributed by atoms with E-state index in [1.54, 1.807) is 0 Å². The van der Waals surface area contributed by atoms with Crippen LogP contribution in [0.1, 0.15) is 22.7 Å². The monoisotopic (exact) mass is 416 g/mol. The van der Waals surface area contributed by atoms with Crippen molar-refractivity contribution in [3.8, 4) is 0 Å². The van der Waals surface area contributed by atoms with E-state index in [4.69, 9.17) is 0 Å². The predicted molar refractivity (Wildman–Crippen MR) is 86.7 cm³/mol. The molecule has 0 aliphatic rings. The van der Waals surface area contributed by atoms with E-state index in [0.29, 0.717) is 0 Å². The van der Waals surface area contributed by atoms with Gasteiger partial charge in [0.05, 0.1) is 6.04 Å². The highest BCUT2D eigenvalue weighted by atomic mass is 127. The van der Waals surface area contributed by atoms with E-state index in [1.807, 2.05) is 19.4 Å². The molecule has 0 bridgehead atoms. The second-order valence-corrected chi connectivity index (χ2v) is 6.28. The molecule has 1 atom stereocenters. The lowest BCUT2D eigenvalue weighted by molar-refractivity contribution is 0.684. The molecule has 18 heavy (non-hydrogen) atoms. The highest BCUT2D eigenvalue weighted by Crippen LogP contribution is 2.29. The van der Waals surface area contributed by atoms with Gasteiger partial charge in [-0.2, -0.15) is 0 Å². The summed E-state index contributed by atoms with van der Waals surface area (Å²) in [5.41, 5.74) is 3.59. The van der Waals surface area contributed by atoms with Crippen molar-refractivity contribution < 1.29 is 0 Å². The number of hydrogen-bond donors (Lipinski definition) is 1. The zero-order valence-corrected chi connectivity index (χ0v) is 14.0. The van der Waals surface area contributed by atoms with Crippen molar-refractivity contribution in [3.05, 3.63) is 61.4 Å². The van der Waals surface area contributed by atoms with Crippen LogP contribution in [0.4, 0.5) is 0 Å². The first-order chi connectivity index (χ1) is 8.61. The lowest BCUT2D eigenvalue weighted by atomic mass is 9.99. The smallest absolute Gasteiger partial charge is 0.0601 e. The van der Waals surface area contributed by atoms with Crippen molar-refractivity contribution in [3.63, 3.8) is 0 Å². The van der Waals surface area contributed by atoms with Crippen LogP contribution in [-0.4, -0.2) is 12.0 Å². The van der Waals surface area contributed by atoms with Crippen molar-refractivity contribution in [1.82, 2.24) is 10.3 Å². The van der Waals surface area contributed by atoms with Crippen molar-refractivity contribution >= 4 is 38.5 Å². The Morgan fingerprint density at radius 3 is 2.72 bits per heavy atom. The lowest BCUT2D eigenvalue weighted by Gasteiger charge is -2.19. The molecule has 1 heterocycles. The number of pyridine rings is 1. The SMILES string of the molecule is CNC(c1cncc(C)c1)c1cc(I)ccc1Br. The number of aromatic nitrogens is 1. The van der Waals surface area contributed by atoms with Gasteiger partial charge >= 0.3 is 0 Å². The van der Waals surface area contributed by atoms with Crippen LogP contribution in [0.5, 0.6) is 0 Å². The summed E-state index contributed by atoms with van der Waals surface area (Å²) < 4.78 is 2.34. The fourth-order valence-corrected chi connectivity index (χ4v) is 2.96. The summed E-state index contributed by atoms with van der Waals surface area (Å²) in [4.78, 5) is 4.27. The second kappa shape index (κ2) is 6.12. The Morgan fingerprint density at radius 2 is 2.06 bits per heavy atom. The molecule has 2 rings (SSSR count). The van der Waals surface area contributed by atoms with Gasteiger partial charge in [-0.25, -0.2) is 0 Å². The molecule has 0 radical (unpaired) electrons. The molecule has 0 spiro atoms. The summed E-state index contributed by atoms with van der Waals surface area (Å²) in [6, 6.07) is 8.69. The van der Waals surface area contributed by atoms with Crippen LogP contribution in [0.25, 0.3) is 0 Å². The summed E-state index contributed by atoms with van der Waals surface area (Å²) in [5, 5.41) is 3.36. The number of rotatable bonds is 3. The summed E-state index contributed by atoms with van der Waals surface area (Å²) in [5.74, 6) is 0. The lowest BCUT2D eigenvalue weighted by Crippen LogP contribution is -2.18. The molecule has 0 fully saturated rings. The van der Waals surface area contributed by atoms with Gasteiger partial charge in [0.15, 0.2) is 0 Å². The first kappa shape index (κ1) is 14.0. The Kier molecular flexibility index (Phi) is 4.75. The van der Waals surface area contributed by atoms with Crippen molar-refractivity contribution in [2.45, 2.75) is 13.0 Å². The quantitative estimate of drug-likeness (QED) is 0.763. The van der Waals surface area contributed by atoms with E-state index < -0.39 is 0 Å². The number of nitrogens with zero attached hydrogens (tertiary/aromatic N) is 1. The third-order valence-electron chi connectivity index (χ3n) is 2.79. The van der Waals surface area contributed by atoms with Crippen molar-refractivity contribution in [2.75, 3.05) is 7.05 Å². The van der Waals surface area contributed by atoms with Crippen molar-refractivity contribution in [1.29, 1.82) is 0 Å². The Morgan fingerprint density at radius 1 is 1.28 bits per heavy atom. The standard InChI is InChI=1S/C14H14BrIN2/c1-9-5-10(8-18-7-9)14(17-2)12-6-11(16)3-4-13(12)15/h3-8,14,17H,1-2H3. The maximum absolute atomic E-state index is 4.27. The number of hydrogen-bond acceptors (Lipinski definition) is 2. The summed E-state index contributed by atoms with van der Waals surface area (Å²) in [6.07, 6.45) is 3.79. The molecule has 94 valence electrons. The van der Waals surface area contributed by atoms with Crippen LogP contribution in [0.3, 0.4) is 0 Å².